The molecule has 478 valence electrons. The Bertz CT molecular complexity index is 3200. The summed E-state index contributed by atoms with van der Waals surface area (Å²) in [4.78, 5) is 59.1. The lowest BCUT2D eigenvalue weighted by atomic mass is 9.99. The van der Waals surface area contributed by atoms with Crippen LogP contribution in [0.25, 0.3) is 6.08 Å². The van der Waals surface area contributed by atoms with E-state index in [1.54, 1.807) is 92.9 Å². The van der Waals surface area contributed by atoms with Gasteiger partial charge in [-0.15, -0.1) is 0 Å². The van der Waals surface area contributed by atoms with Crippen molar-refractivity contribution in [3.8, 4) is 23.0 Å². The Hall–Kier alpha value is -8.31. The van der Waals surface area contributed by atoms with Gasteiger partial charge in [0.25, 0.3) is 0 Å². The first-order valence-electron chi connectivity index (χ1n) is 29.0. The van der Waals surface area contributed by atoms with Gasteiger partial charge in [0.15, 0.2) is 0 Å². The second-order valence-electron chi connectivity index (χ2n) is 20.5. The Morgan fingerprint density at radius 2 is 0.876 bits per heavy atom. The molecule has 0 aromatic heterocycles. The van der Waals surface area contributed by atoms with Crippen LogP contribution < -0.4 is 39.9 Å². The molecule has 7 aromatic rings. The first kappa shape index (κ1) is 78.7. The second-order valence-corrected chi connectivity index (χ2v) is 24.1. The summed E-state index contributed by atoms with van der Waals surface area (Å²) in [6.45, 7) is 18.0. The van der Waals surface area contributed by atoms with Crippen molar-refractivity contribution in [3.05, 3.63) is 215 Å². The number of carbonyl (C=O) groups is 5. The standard InChI is InChI=1S/C23H23O2P.C15H23NO3.C12H16O3.C12H14O3.C7H6O2.C3H8N.HI/c1-3-25-23(24)19(2)26(20-13-7-4-8-14-20,21-15-9-5-10-16-21)22-17-11-6-12-18-22;1-5-19-15(18)11(2)8-12-6-7-14(17)13(9-12)10-16(3)4;2*1-3-15-12(14)9(2)8-10-4-6-11(13)7-5-10;8-5-6-1-3-7(9)4-2-6;1-4(2)3;/h4-18H,3H2,1-2H3;6-7,9,11,17H,5,8,10H2,1-4H3;4-7,9,13H,3,8H2,1-2H3;4-8,13H,3H2,1-2H3;1-5,9H;1H2,2-3H3;1H/q;;;;;+1;/p-1/b;;;9-8+;;;. The number of phenols is 4. The number of esters is 4. The third kappa shape index (κ3) is 29.0. The van der Waals surface area contributed by atoms with Gasteiger partial charge in [0.2, 0.25) is 0 Å². The number of aromatic hydroxyl groups is 4. The molecule has 0 aliphatic heterocycles. The van der Waals surface area contributed by atoms with Gasteiger partial charge in [0.1, 0.15) is 50.1 Å². The van der Waals surface area contributed by atoms with E-state index in [0.717, 1.165) is 49.7 Å². The summed E-state index contributed by atoms with van der Waals surface area (Å²) in [6, 6.07) is 56.0. The molecular formula is C72H90IN2O13P. The van der Waals surface area contributed by atoms with Gasteiger partial charge >= 0.3 is 23.9 Å². The number of phenolic OH excluding ortho intramolecular Hbond substituents is 4. The highest BCUT2D eigenvalue weighted by Crippen LogP contribution is 2.46. The summed E-state index contributed by atoms with van der Waals surface area (Å²) < 4.78 is 21.9. The number of carbonyl (C=O) groups excluding carboxylic acids is 5. The molecule has 0 amide bonds. The Morgan fingerprint density at radius 3 is 1.25 bits per heavy atom. The number of aldehydes is 1. The number of hydrogen-bond acceptors (Lipinski definition) is 14. The van der Waals surface area contributed by atoms with Crippen molar-refractivity contribution >= 4 is 71.1 Å². The molecule has 7 aromatic carbocycles. The average Bonchev–Trinajstić information content (AvgIpc) is 0.892. The maximum atomic E-state index is 12.9. The van der Waals surface area contributed by atoms with Crippen molar-refractivity contribution in [1.82, 2.24) is 4.90 Å². The van der Waals surface area contributed by atoms with Crippen molar-refractivity contribution in [2.24, 2.45) is 11.8 Å². The van der Waals surface area contributed by atoms with Crippen molar-refractivity contribution in [1.29, 1.82) is 0 Å². The number of ether oxygens (including phenoxy) is 4. The molecule has 0 aliphatic carbocycles. The molecule has 7 rings (SSSR count). The van der Waals surface area contributed by atoms with Crippen LogP contribution in [0.1, 0.15) is 88.0 Å². The lowest BCUT2D eigenvalue weighted by Crippen LogP contribution is -3.00. The summed E-state index contributed by atoms with van der Waals surface area (Å²) in [5.74, 6) is -0.283. The third-order valence-electron chi connectivity index (χ3n) is 12.4. The van der Waals surface area contributed by atoms with Crippen molar-refractivity contribution in [2.75, 3.05) is 54.6 Å². The van der Waals surface area contributed by atoms with Crippen LogP contribution in [-0.2, 0) is 57.5 Å². The van der Waals surface area contributed by atoms with E-state index in [1.807, 2.05) is 140 Å². The van der Waals surface area contributed by atoms with Crippen LogP contribution in [0.4, 0.5) is 0 Å². The number of halogens is 1. The lowest BCUT2D eigenvalue weighted by Gasteiger charge is -2.31. The van der Waals surface area contributed by atoms with Crippen molar-refractivity contribution < 1.29 is 91.9 Å². The molecule has 0 bridgehead atoms. The van der Waals surface area contributed by atoms with E-state index >= 15 is 0 Å². The molecule has 15 nitrogen and oxygen atoms in total. The molecule has 0 heterocycles. The quantitative estimate of drug-likeness (QED) is 0.00874. The minimum Gasteiger partial charge on any atom is -1.00 e. The summed E-state index contributed by atoms with van der Waals surface area (Å²) in [5, 5.41) is 40.9. The molecule has 0 spiro atoms. The van der Waals surface area contributed by atoms with Gasteiger partial charge in [0, 0.05) is 28.5 Å². The topological polar surface area (TPSA) is 209 Å². The monoisotopic (exact) mass is 1350 g/mol. The van der Waals surface area contributed by atoms with Crippen LogP contribution in [0.2, 0.25) is 0 Å². The fourth-order valence-electron chi connectivity index (χ4n) is 8.34. The van der Waals surface area contributed by atoms with Crippen LogP contribution in [0.15, 0.2) is 188 Å². The van der Waals surface area contributed by atoms with E-state index in [4.69, 9.17) is 34.3 Å². The Kier molecular flexibility index (Phi) is 38.3. The third-order valence-corrected chi connectivity index (χ3v) is 16.8. The smallest absolute Gasteiger partial charge is 0.334 e. The number of benzene rings is 7. The maximum absolute atomic E-state index is 12.9. The van der Waals surface area contributed by atoms with E-state index in [-0.39, 0.29) is 76.9 Å². The largest absolute Gasteiger partial charge is 1.00 e. The zero-order valence-electron chi connectivity index (χ0n) is 53.5. The summed E-state index contributed by atoms with van der Waals surface area (Å²) in [5.41, 5.74) is 4.91. The number of rotatable bonds is 19. The predicted octanol–water partition coefficient (Wildman–Crippen LogP) is 8.59. The van der Waals surface area contributed by atoms with E-state index in [9.17, 15) is 29.1 Å². The zero-order valence-corrected chi connectivity index (χ0v) is 56.5. The van der Waals surface area contributed by atoms with Crippen LogP contribution in [0.5, 0.6) is 23.0 Å². The molecule has 0 aliphatic rings. The fourth-order valence-corrected chi connectivity index (χ4v) is 12.6. The zero-order chi connectivity index (χ0) is 65.6. The average molecular weight is 1350 g/mol. The number of nitrogens with zero attached hydrogens (tertiary/aromatic N) is 2. The minimum atomic E-state index is -2.29. The molecule has 17 heteroatoms. The summed E-state index contributed by atoms with van der Waals surface area (Å²) >= 11 is 0. The molecule has 0 radical (unpaired) electrons. The number of hydrogen-bond donors (Lipinski definition) is 4. The summed E-state index contributed by atoms with van der Waals surface area (Å²) in [7, 11) is 7.68. The Balaban J connectivity index is 0.000000565. The van der Waals surface area contributed by atoms with Crippen molar-refractivity contribution in [2.45, 2.75) is 74.8 Å². The van der Waals surface area contributed by atoms with Crippen LogP contribution in [0.3, 0.4) is 0 Å². The first-order valence-corrected chi connectivity index (χ1v) is 30.8. The molecule has 2 atom stereocenters. The van der Waals surface area contributed by atoms with Crippen LogP contribution >= 0.6 is 6.89 Å². The minimum absolute atomic E-state index is 0. The molecular weight excluding hydrogens is 1260 g/mol. The van der Waals surface area contributed by atoms with Crippen molar-refractivity contribution in [3.63, 3.8) is 0 Å². The molecule has 2 unspecified atom stereocenters. The molecule has 89 heavy (non-hydrogen) atoms. The van der Waals surface area contributed by atoms with E-state index in [1.165, 1.54) is 12.1 Å². The molecule has 0 saturated carbocycles. The molecule has 0 saturated heterocycles. The molecule has 0 fully saturated rings. The Morgan fingerprint density at radius 1 is 0.528 bits per heavy atom. The van der Waals surface area contributed by atoms with Crippen LogP contribution in [-0.4, -0.2) is 127 Å². The van der Waals surface area contributed by atoms with Gasteiger partial charge in [-0.3, -0.25) is 14.4 Å². The normalized spacial score (nSPS) is 11.0. The summed E-state index contributed by atoms with van der Waals surface area (Å²) in [6.07, 6.45) is 3.72. The lowest BCUT2D eigenvalue weighted by molar-refractivity contribution is -0.454. The van der Waals surface area contributed by atoms with E-state index in [0.29, 0.717) is 62.7 Å². The highest BCUT2D eigenvalue weighted by Gasteiger charge is 2.31. The fraction of sp³-hybridized carbons (Fsp3) is 0.292. The second kappa shape index (κ2) is 43.4. The van der Waals surface area contributed by atoms with Crippen LogP contribution in [0, 0.1) is 11.8 Å². The molecule has 4 N–H and O–H groups in total. The SMILES string of the molecule is C=[N+](C)C.CCOC(=O)/C(C)=C/c1ccc(O)cc1.CCOC(=O)C(C)=P(c1ccccc1)(c1ccccc1)c1ccccc1.CCOC(=O)C(C)Cc1ccc(O)c(CN(C)C)c1.CCOC(=O)C(C)Cc1ccc(O)cc1.O=Cc1ccc(O)cc1.[I-]. The van der Waals surface area contributed by atoms with Gasteiger partial charge in [0.05, 0.1) is 38.3 Å². The van der Waals surface area contributed by atoms with Gasteiger partial charge in [-0.25, -0.2) is 14.2 Å². The highest BCUT2D eigenvalue weighted by atomic mass is 127. The van der Waals surface area contributed by atoms with Gasteiger partial charge in [-0.05, 0) is 169 Å². The Labute approximate surface area is 544 Å². The predicted molar refractivity (Wildman–Crippen MR) is 356 cm³/mol. The first-order chi connectivity index (χ1) is 42.0. The van der Waals surface area contributed by atoms with Gasteiger partial charge in [-0.2, -0.15) is 0 Å². The van der Waals surface area contributed by atoms with E-state index < -0.39 is 6.89 Å². The highest BCUT2D eigenvalue weighted by molar-refractivity contribution is 7.96. The maximum Gasteiger partial charge on any atom is 0.334 e. The van der Waals surface area contributed by atoms with Gasteiger partial charge < -0.3 is 68.3 Å². The van der Waals surface area contributed by atoms with E-state index in [2.05, 4.69) is 43.1 Å². The van der Waals surface area contributed by atoms with Gasteiger partial charge in [-0.1, -0.05) is 141 Å².